The Morgan fingerprint density at radius 2 is 1.81 bits per heavy atom. The van der Waals surface area contributed by atoms with E-state index in [1.165, 1.54) is 0 Å². The van der Waals surface area contributed by atoms with E-state index in [0.717, 1.165) is 16.2 Å². The van der Waals surface area contributed by atoms with E-state index in [4.69, 9.17) is 4.74 Å². The van der Waals surface area contributed by atoms with Crippen molar-refractivity contribution in [2.24, 2.45) is 0 Å². The van der Waals surface area contributed by atoms with Crippen LogP contribution >= 0.6 is 11.8 Å². The molecule has 0 aliphatic carbocycles. The van der Waals surface area contributed by atoms with Gasteiger partial charge in [0.25, 0.3) is 0 Å². The highest BCUT2D eigenvalue weighted by Crippen LogP contribution is 2.21. The molecule has 0 aliphatic heterocycles. The number of nitrogens with zero attached hydrogens (tertiary/aromatic N) is 1. The summed E-state index contributed by atoms with van der Waals surface area (Å²) >= 11 is 1.65. The Labute approximate surface area is 190 Å². The van der Waals surface area contributed by atoms with E-state index in [1.807, 2.05) is 82.3 Å². The highest BCUT2D eigenvalue weighted by molar-refractivity contribution is 7.99. The van der Waals surface area contributed by atoms with Gasteiger partial charge in [-0.25, -0.2) is 0 Å². The zero-order valence-corrected chi connectivity index (χ0v) is 20.0. The SMILES string of the molecule is CCC(C(=O)NC(C)(C)C)N(Cc1cccc(OC)c1)C(=O)CCSc1ccccc1. The minimum Gasteiger partial charge on any atom is -0.497 e. The first kappa shape index (κ1) is 24.8. The maximum absolute atomic E-state index is 13.3. The fourth-order valence-corrected chi connectivity index (χ4v) is 4.12. The van der Waals surface area contributed by atoms with Crippen LogP contribution in [-0.4, -0.2) is 41.2 Å². The van der Waals surface area contributed by atoms with Crippen molar-refractivity contribution in [2.75, 3.05) is 12.9 Å². The number of amides is 2. The number of benzene rings is 2. The molecule has 1 N–H and O–H groups in total. The van der Waals surface area contributed by atoms with E-state index in [-0.39, 0.29) is 17.4 Å². The number of ether oxygens (including phenoxy) is 1. The van der Waals surface area contributed by atoms with Crippen molar-refractivity contribution in [3.63, 3.8) is 0 Å². The second-order valence-electron chi connectivity index (χ2n) is 8.45. The summed E-state index contributed by atoms with van der Waals surface area (Å²) in [5.41, 5.74) is 0.573. The van der Waals surface area contributed by atoms with E-state index >= 15 is 0 Å². The molecular weight excluding hydrogens is 408 g/mol. The molecule has 2 aromatic carbocycles. The number of rotatable bonds is 10. The molecular formula is C25H34N2O3S. The van der Waals surface area contributed by atoms with Crippen LogP contribution in [0.1, 0.15) is 46.1 Å². The summed E-state index contributed by atoms with van der Waals surface area (Å²) in [5.74, 6) is 1.25. The molecule has 0 radical (unpaired) electrons. The average Bonchev–Trinajstić information content (AvgIpc) is 2.73. The number of hydrogen-bond donors (Lipinski definition) is 1. The lowest BCUT2D eigenvalue weighted by Crippen LogP contribution is -2.53. The molecule has 6 heteroatoms. The zero-order valence-electron chi connectivity index (χ0n) is 19.2. The maximum atomic E-state index is 13.3. The van der Waals surface area contributed by atoms with Gasteiger partial charge in [0, 0.05) is 29.2 Å². The minimum absolute atomic E-state index is 0.0258. The van der Waals surface area contributed by atoms with Gasteiger partial charge in [-0.15, -0.1) is 11.8 Å². The van der Waals surface area contributed by atoms with Gasteiger partial charge < -0.3 is 15.0 Å². The Morgan fingerprint density at radius 3 is 2.42 bits per heavy atom. The van der Waals surface area contributed by atoms with Gasteiger partial charge in [-0.2, -0.15) is 0 Å². The third-order valence-electron chi connectivity index (χ3n) is 4.70. The molecule has 0 aliphatic rings. The van der Waals surface area contributed by atoms with Gasteiger partial charge in [0.15, 0.2) is 0 Å². The molecule has 2 amide bonds. The van der Waals surface area contributed by atoms with E-state index < -0.39 is 6.04 Å². The third-order valence-corrected chi connectivity index (χ3v) is 5.71. The molecule has 2 rings (SSSR count). The Kier molecular flexibility index (Phi) is 9.44. The Bertz CT molecular complexity index is 849. The highest BCUT2D eigenvalue weighted by Gasteiger charge is 2.30. The second-order valence-corrected chi connectivity index (χ2v) is 9.62. The molecule has 0 spiro atoms. The third kappa shape index (κ3) is 8.29. The van der Waals surface area contributed by atoms with Crippen LogP contribution in [0.2, 0.25) is 0 Å². The van der Waals surface area contributed by atoms with Crippen LogP contribution < -0.4 is 10.1 Å². The molecule has 2 aromatic rings. The molecule has 1 atom stereocenters. The maximum Gasteiger partial charge on any atom is 0.243 e. The van der Waals surface area contributed by atoms with Gasteiger partial charge in [0.1, 0.15) is 11.8 Å². The first-order valence-electron chi connectivity index (χ1n) is 10.7. The topological polar surface area (TPSA) is 58.6 Å². The minimum atomic E-state index is -0.528. The molecule has 31 heavy (non-hydrogen) atoms. The molecule has 0 saturated heterocycles. The summed E-state index contributed by atoms with van der Waals surface area (Å²) < 4.78 is 5.32. The smallest absolute Gasteiger partial charge is 0.243 e. The second kappa shape index (κ2) is 11.8. The lowest BCUT2D eigenvalue weighted by atomic mass is 10.1. The Morgan fingerprint density at radius 1 is 1.10 bits per heavy atom. The lowest BCUT2D eigenvalue weighted by Gasteiger charge is -2.33. The summed E-state index contributed by atoms with van der Waals surface area (Å²) in [7, 11) is 1.62. The molecule has 5 nitrogen and oxygen atoms in total. The number of hydrogen-bond acceptors (Lipinski definition) is 4. The fourth-order valence-electron chi connectivity index (χ4n) is 3.26. The van der Waals surface area contributed by atoms with Gasteiger partial charge in [-0.1, -0.05) is 37.3 Å². The van der Waals surface area contributed by atoms with Gasteiger partial charge in [0.2, 0.25) is 11.8 Å². The predicted molar refractivity (Wildman–Crippen MR) is 127 cm³/mol. The summed E-state index contributed by atoms with van der Waals surface area (Å²) in [6.45, 7) is 8.15. The van der Waals surface area contributed by atoms with Crippen LogP contribution in [0.4, 0.5) is 0 Å². The van der Waals surface area contributed by atoms with Crippen molar-refractivity contribution < 1.29 is 14.3 Å². The van der Waals surface area contributed by atoms with E-state index in [9.17, 15) is 9.59 Å². The van der Waals surface area contributed by atoms with Crippen molar-refractivity contribution in [1.82, 2.24) is 10.2 Å². The van der Waals surface area contributed by atoms with Gasteiger partial charge in [-0.3, -0.25) is 9.59 Å². The molecule has 0 fully saturated rings. The summed E-state index contributed by atoms with van der Waals surface area (Å²) in [6.07, 6.45) is 0.909. The van der Waals surface area contributed by atoms with Crippen LogP contribution in [-0.2, 0) is 16.1 Å². The van der Waals surface area contributed by atoms with Crippen LogP contribution in [0.25, 0.3) is 0 Å². The quantitative estimate of drug-likeness (QED) is 0.532. The number of nitrogens with one attached hydrogen (secondary N) is 1. The molecule has 168 valence electrons. The number of thioether (sulfide) groups is 1. The van der Waals surface area contributed by atoms with Crippen LogP contribution in [0, 0.1) is 0 Å². The first-order valence-corrected chi connectivity index (χ1v) is 11.6. The summed E-state index contributed by atoms with van der Waals surface area (Å²) in [5, 5.41) is 3.03. The Balaban J connectivity index is 2.18. The normalized spacial score (nSPS) is 12.2. The van der Waals surface area contributed by atoms with Gasteiger partial charge in [-0.05, 0) is 57.0 Å². The molecule has 1 unspecified atom stereocenters. The van der Waals surface area contributed by atoms with Crippen molar-refractivity contribution in [3.8, 4) is 5.75 Å². The zero-order chi connectivity index (χ0) is 22.9. The van der Waals surface area contributed by atoms with Gasteiger partial charge >= 0.3 is 0 Å². The average molecular weight is 443 g/mol. The molecule has 0 bridgehead atoms. The van der Waals surface area contributed by atoms with Crippen molar-refractivity contribution in [2.45, 2.75) is 63.6 Å². The number of carbonyl (C=O) groups is 2. The Hall–Kier alpha value is -2.47. The monoisotopic (exact) mass is 442 g/mol. The molecule has 0 aromatic heterocycles. The van der Waals surface area contributed by atoms with Crippen LogP contribution in [0.5, 0.6) is 5.75 Å². The molecule has 0 heterocycles. The predicted octanol–water partition coefficient (Wildman–Crippen LogP) is 4.90. The highest BCUT2D eigenvalue weighted by atomic mass is 32.2. The van der Waals surface area contributed by atoms with E-state index in [1.54, 1.807) is 23.8 Å². The summed E-state index contributed by atoms with van der Waals surface area (Å²) in [4.78, 5) is 29.1. The van der Waals surface area contributed by atoms with E-state index in [0.29, 0.717) is 25.1 Å². The van der Waals surface area contributed by atoms with Crippen LogP contribution in [0.3, 0.4) is 0 Å². The van der Waals surface area contributed by atoms with Crippen molar-refractivity contribution in [3.05, 3.63) is 60.2 Å². The largest absolute Gasteiger partial charge is 0.497 e. The fraction of sp³-hybridized carbons (Fsp3) is 0.440. The van der Waals surface area contributed by atoms with Gasteiger partial charge in [0.05, 0.1) is 7.11 Å². The molecule has 0 saturated carbocycles. The van der Waals surface area contributed by atoms with Crippen LogP contribution in [0.15, 0.2) is 59.5 Å². The standard InChI is InChI=1S/C25H34N2O3S/c1-6-22(24(29)26-25(2,3)4)27(18-19-11-10-12-20(17-19)30-5)23(28)15-16-31-21-13-8-7-9-14-21/h7-14,17,22H,6,15-16,18H2,1-5H3,(H,26,29). The van der Waals surface area contributed by atoms with E-state index in [2.05, 4.69) is 5.32 Å². The van der Waals surface area contributed by atoms with Crippen molar-refractivity contribution in [1.29, 1.82) is 0 Å². The summed E-state index contributed by atoms with van der Waals surface area (Å²) in [6, 6.07) is 17.1. The lowest BCUT2D eigenvalue weighted by molar-refractivity contribution is -0.141. The first-order chi connectivity index (χ1) is 14.7. The van der Waals surface area contributed by atoms with Crippen molar-refractivity contribution >= 4 is 23.6 Å². The number of carbonyl (C=O) groups excluding carboxylic acids is 2. The number of methoxy groups -OCH3 is 1.